The van der Waals surface area contributed by atoms with Gasteiger partial charge in [0.05, 0.1) is 18.8 Å². The summed E-state index contributed by atoms with van der Waals surface area (Å²) >= 11 is 3.21. The fraction of sp³-hybridized carbons (Fsp3) is 0.333. The molecule has 0 aliphatic heterocycles. The monoisotopic (exact) mass is 348 g/mol. The first kappa shape index (κ1) is 14.7. The summed E-state index contributed by atoms with van der Waals surface area (Å²) in [6.07, 6.45) is 1.34. The lowest BCUT2D eigenvalue weighted by Gasteiger charge is -2.13. The van der Waals surface area contributed by atoms with E-state index in [-0.39, 0.29) is 11.3 Å². The molecule has 2 heterocycles. The van der Waals surface area contributed by atoms with Gasteiger partial charge in [0, 0.05) is 6.92 Å². The second-order valence-electron chi connectivity index (χ2n) is 4.19. The number of hydrogen-bond donors (Lipinski definition) is 0. The Hall–Kier alpha value is -1.70. The molecular weight excluding hydrogens is 338 g/mol. The van der Waals surface area contributed by atoms with Crippen LogP contribution in [0.3, 0.4) is 0 Å². The number of alkyl halides is 2. The molecule has 0 saturated heterocycles. The number of ether oxygens (including phenoxy) is 2. The van der Waals surface area contributed by atoms with Gasteiger partial charge in [-0.2, -0.15) is 5.10 Å². The third kappa shape index (κ3) is 2.90. The van der Waals surface area contributed by atoms with Crippen LogP contribution in [0.4, 0.5) is 8.78 Å². The summed E-state index contributed by atoms with van der Waals surface area (Å²) < 4.78 is 36.9. The average molecular weight is 349 g/mol. The Morgan fingerprint density at radius 1 is 1.50 bits per heavy atom. The second kappa shape index (κ2) is 5.35. The van der Waals surface area contributed by atoms with Crippen LogP contribution in [0.25, 0.3) is 5.52 Å². The van der Waals surface area contributed by atoms with Gasteiger partial charge >= 0.3 is 5.97 Å². The minimum Gasteiger partial charge on any atom is -0.484 e. The van der Waals surface area contributed by atoms with Gasteiger partial charge in [-0.15, -0.1) is 0 Å². The van der Waals surface area contributed by atoms with Gasteiger partial charge in [0.2, 0.25) is 0 Å². The van der Waals surface area contributed by atoms with Gasteiger partial charge in [-0.05, 0) is 28.1 Å². The van der Waals surface area contributed by atoms with Crippen molar-refractivity contribution < 1.29 is 23.0 Å². The molecule has 0 aliphatic rings. The fourth-order valence-electron chi connectivity index (χ4n) is 1.58. The van der Waals surface area contributed by atoms with Crippen molar-refractivity contribution in [2.75, 3.05) is 13.7 Å². The first-order valence-corrected chi connectivity index (χ1v) is 6.38. The molecule has 0 bridgehead atoms. The van der Waals surface area contributed by atoms with E-state index in [1.165, 1.54) is 23.9 Å². The van der Waals surface area contributed by atoms with Crippen molar-refractivity contribution in [3.8, 4) is 5.75 Å². The largest absolute Gasteiger partial charge is 0.484 e. The van der Waals surface area contributed by atoms with Crippen LogP contribution in [0, 0.1) is 0 Å². The van der Waals surface area contributed by atoms with Crippen molar-refractivity contribution in [2.45, 2.75) is 12.8 Å². The molecule has 108 valence electrons. The van der Waals surface area contributed by atoms with Gasteiger partial charge in [-0.25, -0.2) is 18.1 Å². The number of methoxy groups -OCH3 is 1. The highest BCUT2D eigenvalue weighted by Gasteiger charge is 2.23. The van der Waals surface area contributed by atoms with E-state index >= 15 is 0 Å². The van der Waals surface area contributed by atoms with Crippen LogP contribution in [0.5, 0.6) is 5.75 Å². The number of pyridine rings is 1. The Morgan fingerprint density at radius 3 is 2.80 bits per heavy atom. The van der Waals surface area contributed by atoms with Crippen molar-refractivity contribution in [3.05, 3.63) is 28.5 Å². The predicted octanol–water partition coefficient (Wildman–Crippen LogP) is 2.92. The summed E-state index contributed by atoms with van der Waals surface area (Å²) in [7, 11) is 1.27. The lowest BCUT2D eigenvalue weighted by molar-refractivity contribution is -0.0233. The van der Waals surface area contributed by atoms with Crippen LogP contribution in [0.15, 0.2) is 22.9 Å². The van der Waals surface area contributed by atoms with Crippen molar-refractivity contribution in [1.29, 1.82) is 0 Å². The molecule has 8 heteroatoms. The number of hydrogen-bond acceptors (Lipinski definition) is 4. The van der Waals surface area contributed by atoms with E-state index in [4.69, 9.17) is 4.74 Å². The van der Waals surface area contributed by atoms with Gasteiger partial charge in [0.15, 0.2) is 12.4 Å². The molecule has 0 saturated carbocycles. The highest BCUT2D eigenvalue weighted by atomic mass is 79.9. The summed E-state index contributed by atoms with van der Waals surface area (Å²) in [5.41, 5.74) is 0.764. The van der Waals surface area contributed by atoms with Gasteiger partial charge in [-0.1, -0.05) is 0 Å². The zero-order valence-electron chi connectivity index (χ0n) is 10.7. The highest BCUT2D eigenvalue weighted by Crippen LogP contribution is 2.28. The van der Waals surface area contributed by atoms with Crippen LogP contribution in [-0.4, -0.2) is 35.2 Å². The standard InChI is InChI=1S/C12H11BrF2N2O3/c1-12(14,15)6-20-9-4-3-8-7(11(18)19-2)5-16-17(8)10(9)13/h3-5H,6H2,1-2H3. The lowest BCUT2D eigenvalue weighted by Crippen LogP contribution is -2.21. The van der Waals surface area contributed by atoms with Gasteiger partial charge in [0.25, 0.3) is 5.92 Å². The Kier molecular flexibility index (Phi) is 3.94. The Labute approximate surface area is 121 Å². The first-order valence-electron chi connectivity index (χ1n) is 5.58. The van der Waals surface area contributed by atoms with E-state index in [0.29, 0.717) is 10.1 Å². The molecular formula is C12H11BrF2N2O3. The molecule has 0 radical (unpaired) electrons. The molecule has 0 amide bonds. The first-order chi connectivity index (χ1) is 9.33. The van der Waals surface area contributed by atoms with E-state index in [1.54, 1.807) is 6.07 Å². The zero-order valence-corrected chi connectivity index (χ0v) is 12.3. The van der Waals surface area contributed by atoms with Gasteiger partial charge in [0.1, 0.15) is 10.2 Å². The maximum atomic E-state index is 12.8. The minimum absolute atomic E-state index is 0.207. The zero-order chi connectivity index (χ0) is 14.9. The van der Waals surface area contributed by atoms with Gasteiger partial charge < -0.3 is 9.47 Å². The number of halogens is 3. The van der Waals surface area contributed by atoms with E-state index < -0.39 is 18.5 Å². The number of fused-ring (bicyclic) bond motifs is 1. The normalized spacial score (nSPS) is 11.7. The van der Waals surface area contributed by atoms with Crippen molar-refractivity contribution in [3.63, 3.8) is 0 Å². The van der Waals surface area contributed by atoms with E-state index in [9.17, 15) is 13.6 Å². The number of aromatic nitrogens is 2. The smallest absolute Gasteiger partial charge is 0.341 e. The molecule has 0 N–H and O–H groups in total. The summed E-state index contributed by atoms with van der Waals surface area (Å²) in [4.78, 5) is 11.5. The summed E-state index contributed by atoms with van der Waals surface area (Å²) in [5, 5.41) is 3.99. The highest BCUT2D eigenvalue weighted by molar-refractivity contribution is 9.10. The average Bonchev–Trinajstić information content (AvgIpc) is 2.80. The van der Waals surface area contributed by atoms with Crippen LogP contribution >= 0.6 is 15.9 Å². The lowest BCUT2D eigenvalue weighted by atomic mass is 10.2. The molecule has 0 aromatic carbocycles. The number of rotatable bonds is 4. The van der Waals surface area contributed by atoms with Crippen LogP contribution in [0.1, 0.15) is 17.3 Å². The summed E-state index contributed by atoms with van der Waals surface area (Å²) in [6.45, 7) is 0.0188. The minimum atomic E-state index is -2.93. The van der Waals surface area contributed by atoms with Crippen LogP contribution < -0.4 is 4.74 Å². The molecule has 2 aromatic heterocycles. The summed E-state index contributed by atoms with van der Waals surface area (Å²) in [6, 6.07) is 3.03. The molecule has 2 aromatic rings. The fourth-order valence-corrected chi connectivity index (χ4v) is 2.11. The molecule has 5 nitrogen and oxygen atoms in total. The van der Waals surface area contributed by atoms with E-state index in [0.717, 1.165) is 6.92 Å². The Morgan fingerprint density at radius 2 is 2.20 bits per heavy atom. The topological polar surface area (TPSA) is 52.8 Å². The summed E-state index contributed by atoms with van der Waals surface area (Å²) in [5.74, 6) is -3.26. The number of nitrogens with zero attached hydrogens (tertiary/aromatic N) is 2. The van der Waals surface area contributed by atoms with Crippen molar-refractivity contribution >= 4 is 27.4 Å². The Bertz CT molecular complexity index is 652. The third-order valence-corrected chi connectivity index (χ3v) is 3.20. The molecule has 0 fully saturated rings. The molecule has 0 aliphatic carbocycles. The number of esters is 1. The maximum Gasteiger partial charge on any atom is 0.341 e. The molecule has 0 atom stereocenters. The quantitative estimate of drug-likeness (QED) is 0.629. The van der Waals surface area contributed by atoms with Crippen LogP contribution in [-0.2, 0) is 4.74 Å². The number of carbonyl (C=O) groups excluding carboxylic acids is 1. The van der Waals surface area contributed by atoms with Gasteiger partial charge in [-0.3, -0.25) is 0 Å². The number of carbonyl (C=O) groups is 1. The maximum absolute atomic E-state index is 12.8. The van der Waals surface area contributed by atoms with E-state index in [2.05, 4.69) is 25.8 Å². The third-order valence-electron chi connectivity index (χ3n) is 2.47. The van der Waals surface area contributed by atoms with Crippen molar-refractivity contribution in [1.82, 2.24) is 9.61 Å². The second-order valence-corrected chi connectivity index (χ2v) is 4.95. The SMILES string of the molecule is COC(=O)c1cnn2c(Br)c(OCC(C)(F)F)ccc12. The van der Waals surface area contributed by atoms with E-state index in [1.807, 2.05) is 0 Å². The molecule has 0 spiro atoms. The molecule has 2 rings (SSSR count). The molecule has 20 heavy (non-hydrogen) atoms. The van der Waals surface area contributed by atoms with Crippen LogP contribution in [0.2, 0.25) is 0 Å². The van der Waals surface area contributed by atoms with Crippen molar-refractivity contribution in [2.24, 2.45) is 0 Å². The molecule has 0 unspecified atom stereocenters. The Balaban J connectivity index is 2.38. The predicted molar refractivity (Wildman–Crippen MR) is 70.3 cm³/mol.